The second kappa shape index (κ2) is 6.29. The fourth-order valence-corrected chi connectivity index (χ4v) is 4.06. The zero-order chi connectivity index (χ0) is 16.5. The lowest BCUT2D eigenvalue weighted by atomic mass is 10.3. The summed E-state index contributed by atoms with van der Waals surface area (Å²) in [5.74, 6) is 1.51. The number of thioether (sulfide) groups is 1. The number of thiophene rings is 1. The van der Waals surface area contributed by atoms with Crippen LogP contribution in [0, 0.1) is 6.92 Å². The summed E-state index contributed by atoms with van der Waals surface area (Å²) in [4.78, 5) is 22.9. The quantitative estimate of drug-likeness (QED) is 0.568. The summed E-state index contributed by atoms with van der Waals surface area (Å²) in [5, 5.41) is 4.68. The third-order valence-electron chi connectivity index (χ3n) is 3.41. The van der Waals surface area contributed by atoms with Crippen LogP contribution in [0.4, 0.5) is 5.69 Å². The van der Waals surface area contributed by atoms with Crippen molar-refractivity contribution in [1.82, 2.24) is 9.97 Å². The topological polar surface area (TPSA) is 73.3 Å². The molecule has 3 aromatic rings. The predicted octanol–water partition coefficient (Wildman–Crippen LogP) is 3.46. The normalized spacial score (nSPS) is 12.5. The van der Waals surface area contributed by atoms with Gasteiger partial charge in [-0.3, -0.25) is 4.79 Å². The molecule has 6 nitrogen and oxygen atoms in total. The van der Waals surface area contributed by atoms with E-state index in [4.69, 9.17) is 9.47 Å². The molecule has 1 aliphatic rings. The molecule has 0 radical (unpaired) electrons. The number of nitrogens with one attached hydrogen (secondary N) is 1. The van der Waals surface area contributed by atoms with Crippen LogP contribution >= 0.6 is 23.1 Å². The average molecular weight is 359 g/mol. The molecule has 0 aliphatic carbocycles. The van der Waals surface area contributed by atoms with Gasteiger partial charge in [0.2, 0.25) is 12.7 Å². The maximum atomic E-state index is 12.2. The van der Waals surface area contributed by atoms with E-state index in [2.05, 4.69) is 21.4 Å². The Morgan fingerprint density at radius 3 is 3.08 bits per heavy atom. The number of hydrogen-bond acceptors (Lipinski definition) is 7. The second-order valence-electron chi connectivity index (χ2n) is 5.16. The summed E-state index contributed by atoms with van der Waals surface area (Å²) in [5.41, 5.74) is 0.684. The van der Waals surface area contributed by atoms with Crippen LogP contribution in [0.25, 0.3) is 10.2 Å². The molecule has 0 saturated carbocycles. The molecule has 1 aromatic carbocycles. The second-order valence-corrected chi connectivity index (χ2v) is 7.36. The van der Waals surface area contributed by atoms with Crippen molar-refractivity contribution in [2.75, 3.05) is 17.9 Å². The molecule has 4 rings (SSSR count). The van der Waals surface area contributed by atoms with Crippen molar-refractivity contribution in [2.24, 2.45) is 0 Å². The number of anilines is 1. The van der Waals surface area contributed by atoms with Crippen LogP contribution in [0.3, 0.4) is 0 Å². The van der Waals surface area contributed by atoms with Gasteiger partial charge in [-0.2, -0.15) is 0 Å². The van der Waals surface area contributed by atoms with Gasteiger partial charge in [0.1, 0.15) is 16.2 Å². The van der Waals surface area contributed by atoms with Gasteiger partial charge in [-0.05, 0) is 25.1 Å². The first-order valence-corrected chi connectivity index (χ1v) is 9.03. The molecule has 122 valence electrons. The van der Waals surface area contributed by atoms with E-state index in [9.17, 15) is 4.79 Å². The molecule has 8 heteroatoms. The number of amides is 1. The lowest BCUT2D eigenvalue weighted by molar-refractivity contribution is -0.113. The Kier molecular flexibility index (Phi) is 3.99. The highest BCUT2D eigenvalue weighted by Gasteiger charge is 2.15. The highest BCUT2D eigenvalue weighted by atomic mass is 32.2. The van der Waals surface area contributed by atoms with Crippen LogP contribution < -0.4 is 14.8 Å². The summed E-state index contributed by atoms with van der Waals surface area (Å²) in [6.45, 7) is 2.25. The average Bonchev–Trinajstić information content (AvgIpc) is 3.17. The van der Waals surface area contributed by atoms with Crippen LogP contribution in [-0.4, -0.2) is 28.4 Å². The monoisotopic (exact) mass is 359 g/mol. The maximum absolute atomic E-state index is 12.2. The number of carbonyl (C=O) groups excluding carboxylic acids is 1. The maximum Gasteiger partial charge on any atom is 0.234 e. The van der Waals surface area contributed by atoms with Crippen LogP contribution in [-0.2, 0) is 4.79 Å². The molecular formula is C16H13N3O3S2. The lowest BCUT2D eigenvalue weighted by Crippen LogP contribution is -2.14. The van der Waals surface area contributed by atoms with E-state index in [1.807, 2.05) is 6.92 Å². The van der Waals surface area contributed by atoms with Crippen molar-refractivity contribution in [3.05, 3.63) is 35.5 Å². The van der Waals surface area contributed by atoms with Crippen LogP contribution in [0.1, 0.15) is 4.88 Å². The third kappa shape index (κ3) is 3.02. The molecule has 0 saturated heterocycles. The van der Waals surface area contributed by atoms with E-state index in [-0.39, 0.29) is 18.5 Å². The van der Waals surface area contributed by atoms with Crippen molar-refractivity contribution in [3.63, 3.8) is 0 Å². The number of hydrogen-bond donors (Lipinski definition) is 1. The molecule has 1 aliphatic heterocycles. The van der Waals surface area contributed by atoms with E-state index in [0.29, 0.717) is 17.2 Å². The molecule has 0 fully saturated rings. The predicted molar refractivity (Wildman–Crippen MR) is 94.1 cm³/mol. The Morgan fingerprint density at radius 1 is 1.29 bits per heavy atom. The third-order valence-corrected chi connectivity index (χ3v) is 5.38. The van der Waals surface area contributed by atoms with Gasteiger partial charge in [-0.25, -0.2) is 9.97 Å². The largest absolute Gasteiger partial charge is 0.454 e. The number of carbonyl (C=O) groups is 1. The molecular weight excluding hydrogens is 346 g/mol. The summed E-state index contributed by atoms with van der Waals surface area (Å²) < 4.78 is 10.6. The van der Waals surface area contributed by atoms with Crippen molar-refractivity contribution >= 4 is 44.9 Å². The Morgan fingerprint density at radius 2 is 2.17 bits per heavy atom. The lowest BCUT2D eigenvalue weighted by Gasteiger charge is -2.06. The van der Waals surface area contributed by atoms with Crippen molar-refractivity contribution in [2.45, 2.75) is 11.9 Å². The van der Waals surface area contributed by atoms with Gasteiger partial charge in [0.15, 0.2) is 11.5 Å². The minimum atomic E-state index is -0.0995. The van der Waals surface area contributed by atoms with E-state index < -0.39 is 0 Å². The van der Waals surface area contributed by atoms with E-state index in [1.54, 1.807) is 29.5 Å². The summed E-state index contributed by atoms with van der Waals surface area (Å²) in [7, 11) is 0. The number of nitrogens with zero attached hydrogens (tertiary/aromatic N) is 2. The highest BCUT2D eigenvalue weighted by molar-refractivity contribution is 8.00. The van der Waals surface area contributed by atoms with Gasteiger partial charge in [0.05, 0.1) is 5.75 Å². The number of rotatable bonds is 4. The SMILES string of the molecule is Cc1cc2c(SCC(=O)Nc3ccc4c(c3)OCO4)ncnc2s1. The van der Waals surface area contributed by atoms with Crippen LogP contribution in [0.15, 0.2) is 35.6 Å². The molecule has 0 unspecified atom stereocenters. The van der Waals surface area contributed by atoms with Crippen molar-refractivity contribution in [1.29, 1.82) is 0 Å². The van der Waals surface area contributed by atoms with Gasteiger partial charge >= 0.3 is 0 Å². The standard InChI is InChI=1S/C16H13N3O3S2/c1-9-4-11-15(17-7-18-16(11)24-9)23-6-14(20)19-10-2-3-12-13(5-10)22-8-21-12/h2-5,7H,6,8H2,1H3,(H,19,20). The summed E-state index contributed by atoms with van der Waals surface area (Å²) in [6, 6.07) is 7.39. The number of aryl methyl sites for hydroxylation is 1. The van der Waals surface area contributed by atoms with Crippen molar-refractivity contribution in [3.8, 4) is 11.5 Å². The summed E-state index contributed by atoms with van der Waals surface area (Å²) in [6.07, 6.45) is 1.54. The molecule has 3 heterocycles. The number of benzene rings is 1. The molecule has 2 aromatic heterocycles. The Labute approximate surface area is 146 Å². The van der Waals surface area contributed by atoms with E-state index in [0.717, 1.165) is 15.2 Å². The van der Waals surface area contributed by atoms with Gasteiger partial charge in [-0.1, -0.05) is 11.8 Å². The van der Waals surface area contributed by atoms with E-state index in [1.165, 1.54) is 23.0 Å². The molecule has 24 heavy (non-hydrogen) atoms. The first-order chi connectivity index (χ1) is 11.7. The molecule has 0 bridgehead atoms. The fraction of sp³-hybridized carbons (Fsp3) is 0.188. The Hall–Kier alpha value is -2.32. The zero-order valence-electron chi connectivity index (χ0n) is 12.7. The molecule has 0 atom stereocenters. The zero-order valence-corrected chi connectivity index (χ0v) is 14.4. The fourth-order valence-electron chi connectivity index (χ4n) is 2.37. The smallest absolute Gasteiger partial charge is 0.234 e. The van der Waals surface area contributed by atoms with Gasteiger partial charge < -0.3 is 14.8 Å². The number of ether oxygens (including phenoxy) is 2. The minimum absolute atomic E-state index is 0.0995. The first kappa shape index (κ1) is 15.2. The van der Waals surface area contributed by atoms with Crippen LogP contribution in [0.2, 0.25) is 0 Å². The van der Waals surface area contributed by atoms with Gasteiger partial charge in [0, 0.05) is 22.0 Å². The number of fused-ring (bicyclic) bond motifs is 2. The van der Waals surface area contributed by atoms with Crippen molar-refractivity contribution < 1.29 is 14.3 Å². The molecule has 1 N–H and O–H groups in total. The molecule has 1 amide bonds. The first-order valence-electron chi connectivity index (χ1n) is 7.22. The van der Waals surface area contributed by atoms with Gasteiger partial charge in [-0.15, -0.1) is 11.3 Å². The summed E-state index contributed by atoms with van der Waals surface area (Å²) >= 11 is 3.03. The van der Waals surface area contributed by atoms with Gasteiger partial charge in [0.25, 0.3) is 0 Å². The minimum Gasteiger partial charge on any atom is -0.454 e. The Bertz CT molecular complexity index is 926. The Balaban J connectivity index is 1.43. The van der Waals surface area contributed by atoms with Crippen LogP contribution in [0.5, 0.6) is 11.5 Å². The number of aromatic nitrogens is 2. The van der Waals surface area contributed by atoms with E-state index >= 15 is 0 Å². The highest BCUT2D eigenvalue weighted by Crippen LogP contribution is 2.34. The molecule has 0 spiro atoms.